The summed E-state index contributed by atoms with van der Waals surface area (Å²) in [5.74, 6) is -0.122. The van der Waals surface area contributed by atoms with Crippen LogP contribution in [0.2, 0.25) is 0 Å². The normalized spacial score (nSPS) is 23.4. The Morgan fingerprint density at radius 1 is 1.21 bits per heavy atom. The molecular weight excluding hydrogens is 373 g/mol. The van der Waals surface area contributed by atoms with E-state index in [0.29, 0.717) is 25.2 Å². The van der Waals surface area contributed by atoms with Crippen molar-refractivity contribution < 1.29 is 14.0 Å². The molecule has 29 heavy (non-hydrogen) atoms. The Labute approximate surface area is 169 Å². The van der Waals surface area contributed by atoms with Crippen LogP contribution in [0.4, 0.5) is 9.18 Å². The minimum atomic E-state index is -0.319. The van der Waals surface area contributed by atoms with Crippen molar-refractivity contribution in [2.75, 3.05) is 33.7 Å². The van der Waals surface area contributed by atoms with Crippen LogP contribution in [0.5, 0.6) is 0 Å². The van der Waals surface area contributed by atoms with Crippen molar-refractivity contribution in [3.05, 3.63) is 53.1 Å². The van der Waals surface area contributed by atoms with Crippen LogP contribution in [0, 0.1) is 24.6 Å². The van der Waals surface area contributed by atoms with E-state index in [4.69, 9.17) is 0 Å². The lowest BCUT2D eigenvalue weighted by atomic mass is 9.89. The number of nitrogens with zero attached hydrogens (tertiary/aromatic N) is 5. The molecule has 2 saturated heterocycles. The highest BCUT2D eigenvalue weighted by molar-refractivity contribution is 5.95. The van der Waals surface area contributed by atoms with E-state index in [1.165, 1.54) is 12.1 Å². The topological polar surface area (TPSA) is 61.7 Å². The Morgan fingerprint density at radius 3 is 2.59 bits per heavy atom. The molecule has 4 rings (SSSR count). The van der Waals surface area contributed by atoms with Crippen LogP contribution >= 0.6 is 0 Å². The lowest BCUT2D eigenvalue weighted by Crippen LogP contribution is -2.42. The fraction of sp³-hybridized carbons (Fsp3) is 0.476. The molecule has 0 spiro atoms. The summed E-state index contributed by atoms with van der Waals surface area (Å²) in [6, 6.07) is 6.10. The first kappa shape index (κ1) is 19.4. The van der Waals surface area contributed by atoms with Gasteiger partial charge in [0.2, 0.25) is 0 Å². The van der Waals surface area contributed by atoms with Crippen LogP contribution in [0.25, 0.3) is 0 Å². The molecule has 2 aliphatic rings. The largest absolute Gasteiger partial charge is 0.338 e. The van der Waals surface area contributed by atoms with Gasteiger partial charge in [0.15, 0.2) is 0 Å². The van der Waals surface area contributed by atoms with Crippen molar-refractivity contribution in [3.8, 4) is 0 Å². The molecule has 2 aliphatic heterocycles. The first-order valence-electron chi connectivity index (χ1n) is 9.79. The van der Waals surface area contributed by atoms with E-state index in [0.717, 1.165) is 11.3 Å². The molecule has 154 valence electrons. The van der Waals surface area contributed by atoms with Crippen LogP contribution in [0.3, 0.4) is 0 Å². The number of benzene rings is 1. The fourth-order valence-corrected chi connectivity index (χ4v) is 4.66. The number of halogens is 1. The summed E-state index contributed by atoms with van der Waals surface area (Å²) >= 11 is 0. The van der Waals surface area contributed by atoms with Gasteiger partial charge in [0, 0.05) is 58.3 Å². The Morgan fingerprint density at radius 2 is 1.97 bits per heavy atom. The van der Waals surface area contributed by atoms with Crippen LogP contribution in [0.15, 0.2) is 30.5 Å². The molecule has 3 atom stereocenters. The number of likely N-dealkylation sites (tertiary alicyclic amines) is 2. The number of carbonyl (C=O) groups is 2. The van der Waals surface area contributed by atoms with Gasteiger partial charge in [-0.25, -0.2) is 9.18 Å². The highest BCUT2D eigenvalue weighted by atomic mass is 19.1. The molecule has 8 heteroatoms. The first-order chi connectivity index (χ1) is 13.8. The molecule has 1 aromatic carbocycles. The van der Waals surface area contributed by atoms with Gasteiger partial charge in [-0.05, 0) is 24.6 Å². The maximum absolute atomic E-state index is 13.9. The van der Waals surface area contributed by atoms with Crippen molar-refractivity contribution in [1.29, 1.82) is 0 Å². The van der Waals surface area contributed by atoms with Gasteiger partial charge in [-0.3, -0.25) is 9.48 Å². The minimum Gasteiger partial charge on any atom is -0.338 e. The number of amides is 3. The Balaban J connectivity index is 1.63. The summed E-state index contributed by atoms with van der Waals surface area (Å²) in [4.78, 5) is 31.1. The van der Waals surface area contributed by atoms with E-state index in [1.807, 2.05) is 29.8 Å². The van der Waals surface area contributed by atoms with Crippen LogP contribution in [0.1, 0.15) is 27.7 Å². The van der Waals surface area contributed by atoms with Gasteiger partial charge in [0.05, 0.1) is 17.8 Å². The van der Waals surface area contributed by atoms with E-state index in [2.05, 4.69) is 5.10 Å². The van der Waals surface area contributed by atoms with Gasteiger partial charge >= 0.3 is 6.03 Å². The third-order valence-electron chi connectivity index (χ3n) is 6.24. The van der Waals surface area contributed by atoms with E-state index in [9.17, 15) is 14.0 Å². The quantitative estimate of drug-likeness (QED) is 0.779. The first-order valence-corrected chi connectivity index (χ1v) is 9.79. The third kappa shape index (κ3) is 3.26. The second kappa shape index (κ2) is 7.17. The molecule has 0 aliphatic carbocycles. The molecule has 2 aromatic rings. The summed E-state index contributed by atoms with van der Waals surface area (Å²) in [7, 11) is 5.26. The third-order valence-corrected chi connectivity index (χ3v) is 6.24. The SMILES string of the molecule is Cc1c(C(=O)N2C[C@@H]3CN(C(=O)N(C)C)[C@H](c4cccc(F)c4)[C@@H]3C2)cnn1C. The Kier molecular flexibility index (Phi) is 4.80. The predicted molar refractivity (Wildman–Crippen MR) is 106 cm³/mol. The van der Waals surface area contributed by atoms with Crippen molar-refractivity contribution in [3.63, 3.8) is 0 Å². The summed E-state index contributed by atoms with van der Waals surface area (Å²) in [5, 5.41) is 4.18. The average Bonchev–Trinajstić information content (AvgIpc) is 3.33. The fourth-order valence-electron chi connectivity index (χ4n) is 4.66. The Hall–Kier alpha value is -2.90. The highest BCUT2D eigenvalue weighted by Crippen LogP contribution is 2.45. The van der Waals surface area contributed by atoms with Crippen LogP contribution in [-0.2, 0) is 7.05 Å². The molecule has 0 saturated carbocycles. The molecule has 0 unspecified atom stereocenters. The summed E-state index contributed by atoms with van der Waals surface area (Å²) in [6.45, 7) is 3.56. The molecule has 3 heterocycles. The maximum Gasteiger partial charge on any atom is 0.320 e. The van der Waals surface area contributed by atoms with E-state index < -0.39 is 0 Å². The zero-order chi connectivity index (χ0) is 20.9. The van der Waals surface area contributed by atoms with E-state index in [1.54, 1.807) is 35.9 Å². The van der Waals surface area contributed by atoms with Gasteiger partial charge in [0.25, 0.3) is 5.91 Å². The lowest BCUT2D eigenvalue weighted by molar-refractivity contribution is 0.0765. The second-order valence-corrected chi connectivity index (χ2v) is 8.23. The van der Waals surface area contributed by atoms with E-state index in [-0.39, 0.29) is 35.6 Å². The molecule has 7 nitrogen and oxygen atoms in total. The van der Waals surface area contributed by atoms with Gasteiger partial charge in [-0.1, -0.05) is 12.1 Å². The number of aryl methyl sites for hydroxylation is 1. The number of urea groups is 1. The molecule has 0 radical (unpaired) electrons. The highest BCUT2D eigenvalue weighted by Gasteiger charge is 2.50. The number of rotatable bonds is 2. The zero-order valence-corrected chi connectivity index (χ0v) is 17.2. The molecular formula is C21H26FN5O2. The van der Waals surface area contributed by atoms with Crippen molar-refractivity contribution in [2.24, 2.45) is 18.9 Å². The lowest BCUT2D eigenvalue weighted by Gasteiger charge is -2.32. The zero-order valence-electron chi connectivity index (χ0n) is 17.2. The average molecular weight is 399 g/mol. The number of hydrogen-bond acceptors (Lipinski definition) is 3. The van der Waals surface area contributed by atoms with Gasteiger partial charge in [-0.15, -0.1) is 0 Å². The number of fused-ring (bicyclic) bond motifs is 1. The van der Waals surface area contributed by atoms with Gasteiger partial charge in [-0.2, -0.15) is 5.10 Å². The van der Waals surface area contributed by atoms with Crippen LogP contribution in [-0.4, -0.2) is 70.1 Å². The molecule has 3 amide bonds. The Bertz CT molecular complexity index is 956. The summed E-state index contributed by atoms with van der Waals surface area (Å²) < 4.78 is 15.6. The summed E-state index contributed by atoms with van der Waals surface area (Å²) in [5.41, 5.74) is 2.22. The maximum atomic E-state index is 13.9. The van der Waals surface area contributed by atoms with Gasteiger partial charge in [0.1, 0.15) is 5.82 Å². The number of carbonyl (C=O) groups excluding carboxylic acids is 2. The second-order valence-electron chi connectivity index (χ2n) is 8.23. The number of aromatic nitrogens is 2. The predicted octanol–water partition coefficient (Wildman–Crippen LogP) is 2.29. The molecule has 2 fully saturated rings. The monoisotopic (exact) mass is 399 g/mol. The minimum absolute atomic E-state index is 0.0338. The van der Waals surface area contributed by atoms with Gasteiger partial charge < -0.3 is 14.7 Å². The number of hydrogen-bond donors (Lipinski definition) is 0. The molecule has 0 bridgehead atoms. The molecule has 1 aromatic heterocycles. The summed E-state index contributed by atoms with van der Waals surface area (Å²) in [6.07, 6.45) is 1.61. The van der Waals surface area contributed by atoms with Crippen LogP contribution < -0.4 is 0 Å². The smallest absolute Gasteiger partial charge is 0.320 e. The standard InChI is InChI=1S/C21H26FN5O2/c1-13-17(9-23-25(13)4)20(28)26-10-15-11-27(21(29)24(2)3)19(18(15)12-26)14-6-5-7-16(22)8-14/h5-9,15,18-19H,10-12H2,1-4H3/t15-,18-,19-/m1/s1. The van der Waals surface area contributed by atoms with E-state index >= 15 is 0 Å². The van der Waals surface area contributed by atoms with Crippen molar-refractivity contribution >= 4 is 11.9 Å². The van der Waals surface area contributed by atoms with Crippen molar-refractivity contribution in [2.45, 2.75) is 13.0 Å². The van der Waals surface area contributed by atoms with Crippen molar-refractivity contribution in [1.82, 2.24) is 24.5 Å². The molecule has 0 N–H and O–H groups in total.